The predicted octanol–water partition coefficient (Wildman–Crippen LogP) is 4.56. The average Bonchev–Trinajstić information content (AvgIpc) is 2.60. The van der Waals surface area contributed by atoms with Crippen LogP contribution in [-0.4, -0.2) is 13.3 Å². The van der Waals surface area contributed by atoms with Crippen LogP contribution in [0.15, 0.2) is 5.38 Å². The van der Waals surface area contributed by atoms with Gasteiger partial charge in [0.15, 0.2) is 8.32 Å². The second kappa shape index (κ2) is 5.29. The van der Waals surface area contributed by atoms with Gasteiger partial charge in [0.1, 0.15) is 5.01 Å². The van der Waals surface area contributed by atoms with Crippen LogP contribution in [0, 0.1) is 0 Å². The van der Waals surface area contributed by atoms with Gasteiger partial charge >= 0.3 is 0 Å². The lowest BCUT2D eigenvalue weighted by molar-refractivity contribution is 0.275. The zero-order valence-electron chi connectivity index (χ0n) is 10.6. The number of halogens is 1. The van der Waals surface area contributed by atoms with E-state index in [4.69, 9.17) is 4.43 Å². The Balaban J connectivity index is 2.57. The largest absolute Gasteiger partial charge is 0.410 e. The van der Waals surface area contributed by atoms with Crippen LogP contribution >= 0.6 is 27.3 Å². The minimum atomic E-state index is -1.63. The Bertz CT molecular complexity index is 346. The van der Waals surface area contributed by atoms with Gasteiger partial charge in [0.2, 0.25) is 0 Å². The van der Waals surface area contributed by atoms with Gasteiger partial charge in [-0.25, -0.2) is 4.98 Å². The van der Waals surface area contributed by atoms with E-state index in [2.05, 4.69) is 60.2 Å². The van der Waals surface area contributed by atoms with Gasteiger partial charge in [0.05, 0.1) is 12.3 Å². The molecule has 2 nitrogen and oxygen atoms in total. The van der Waals surface area contributed by atoms with Crippen molar-refractivity contribution in [3.05, 3.63) is 16.1 Å². The molecule has 0 bridgehead atoms. The Kier molecular flexibility index (Phi) is 4.74. The van der Waals surface area contributed by atoms with E-state index < -0.39 is 8.32 Å². The standard InChI is InChI=1S/C11H20BrNOSSi/c1-11(2,3)16(4,5)14-7-10-13-9(6-12)8-15-10/h8H,6-7H2,1-5H3. The predicted molar refractivity (Wildman–Crippen MR) is 76.7 cm³/mol. The summed E-state index contributed by atoms with van der Waals surface area (Å²) < 4.78 is 6.11. The molecule has 0 fully saturated rings. The van der Waals surface area contributed by atoms with E-state index in [0.29, 0.717) is 6.61 Å². The molecule has 0 unspecified atom stereocenters. The quantitative estimate of drug-likeness (QED) is 0.599. The summed E-state index contributed by atoms with van der Waals surface area (Å²) in [6.07, 6.45) is 0. The molecule has 16 heavy (non-hydrogen) atoms. The molecule has 1 rings (SSSR count). The average molecular weight is 322 g/mol. The van der Waals surface area contributed by atoms with Crippen LogP contribution in [0.1, 0.15) is 31.5 Å². The van der Waals surface area contributed by atoms with Gasteiger partial charge in [-0.15, -0.1) is 11.3 Å². The van der Waals surface area contributed by atoms with Crippen LogP contribution in [-0.2, 0) is 16.4 Å². The lowest BCUT2D eigenvalue weighted by atomic mass is 10.2. The highest BCUT2D eigenvalue weighted by Crippen LogP contribution is 2.37. The highest BCUT2D eigenvalue weighted by atomic mass is 79.9. The summed E-state index contributed by atoms with van der Waals surface area (Å²) in [5, 5.41) is 4.25. The summed E-state index contributed by atoms with van der Waals surface area (Å²) in [5.41, 5.74) is 1.10. The zero-order valence-corrected chi connectivity index (χ0v) is 14.0. The fourth-order valence-corrected chi connectivity index (χ4v) is 3.18. The molecule has 0 atom stereocenters. The molecule has 5 heteroatoms. The molecule has 0 N–H and O–H groups in total. The monoisotopic (exact) mass is 321 g/mol. The molecule has 0 aliphatic rings. The molecule has 1 heterocycles. The topological polar surface area (TPSA) is 22.1 Å². The van der Waals surface area contributed by atoms with Gasteiger partial charge in [0, 0.05) is 10.7 Å². The molecule has 0 radical (unpaired) electrons. The molecule has 0 spiro atoms. The van der Waals surface area contributed by atoms with Crippen molar-refractivity contribution in [2.75, 3.05) is 0 Å². The third-order valence-corrected chi connectivity index (χ3v) is 9.02. The highest BCUT2D eigenvalue weighted by Gasteiger charge is 2.37. The Morgan fingerprint density at radius 2 is 2.06 bits per heavy atom. The van der Waals surface area contributed by atoms with Gasteiger partial charge < -0.3 is 4.43 Å². The first-order chi connectivity index (χ1) is 7.26. The van der Waals surface area contributed by atoms with E-state index >= 15 is 0 Å². The maximum atomic E-state index is 6.11. The minimum absolute atomic E-state index is 0.266. The van der Waals surface area contributed by atoms with E-state index in [0.717, 1.165) is 16.0 Å². The Morgan fingerprint density at radius 3 is 2.50 bits per heavy atom. The second-order valence-electron chi connectivity index (χ2n) is 5.42. The van der Waals surface area contributed by atoms with Crippen molar-refractivity contribution >= 4 is 35.6 Å². The van der Waals surface area contributed by atoms with Gasteiger partial charge in [-0.1, -0.05) is 36.7 Å². The summed E-state index contributed by atoms with van der Waals surface area (Å²) in [4.78, 5) is 4.48. The first-order valence-corrected chi connectivity index (χ1v) is 10.3. The van der Waals surface area contributed by atoms with Crippen molar-refractivity contribution in [1.82, 2.24) is 4.98 Å². The molecule has 92 valence electrons. The smallest absolute Gasteiger partial charge is 0.192 e. The van der Waals surface area contributed by atoms with Gasteiger partial charge in [-0.3, -0.25) is 0 Å². The molecular formula is C11H20BrNOSSi. The summed E-state index contributed by atoms with van der Waals surface area (Å²) in [6.45, 7) is 12.0. The fourth-order valence-electron chi connectivity index (χ4n) is 0.935. The van der Waals surface area contributed by atoms with Crippen LogP contribution in [0.2, 0.25) is 18.1 Å². The lowest BCUT2D eigenvalue weighted by Crippen LogP contribution is -2.40. The van der Waals surface area contributed by atoms with Crippen LogP contribution in [0.25, 0.3) is 0 Å². The highest BCUT2D eigenvalue weighted by molar-refractivity contribution is 9.08. The van der Waals surface area contributed by atoms with Crippen LogP contribution < -0.4 is 0 Å². The minimum Gasteiger partial charge on any atom is -0.410 e. The summed E-state index contributed by atoms with van der Waals surface area (Å²) in [5.74, 6) is 0. The van der Waals surface area contributed by atoms with E-state index in [1.165, 1.54) is 0 Å². The molecule has 0 saturated heterocycles. The molecule has 0 aliphatic heterocycles. The first kappa shape index (κ1) is 14.3. The van der Waals surface area contributed by atoms with Crippen molar-refractivity contribution in [3.63, 3.8) is 0 Å². The normalized spacial score (nSPS) is 13.1. The van der Waals surface area contributed by atoms with E-state index in [9.17, 15) is 0 Å². The Morgan fingerprint density at radius 1 is 1.44 bits per heavy atom. The third kappa shape index (κ3) is 3.65. The molecule has 1 aromatic heterocycles. The van der Waals surface area contributed by atoms with Crippen LogP contribution in [0.5, 0.6) is 0 Å². The number of thiazole rings is 1. The third-order valence-electron chi connectivity index (χ3n) is 3.10. The molecule has 0 aliphatic carbocycles. The van der Waals surface area contributed by atoms with E-state index in [1.54, 1.807) is 11.3 Å². The molecule has 0 saturated carbocycles. The number of alkyl halides is 1. The van der Waals surface area contributed by atoms with Crippen LogP contribution in [0.3, 0.4) is 0 Å². The first-order valence-electron chi connectivity index (χ1n) is 5.39. The van der Waals surface area contributed by atoms with Crippen molar-refractivity contribution < 1.29 is 4.43 Å². The second-order valence-corrected chi connectivity index (χ2v) is 11.7. The number of nitrogens with zero attached hydrogens (tertiary/aromatic N) is 1. The molecule has 1 aromatic rings. The van der Waals surface area contributed by atoms with E-state index in [1.807, 2.05) is 0 Å². The van der Waals surface area contributed by atoms with Gasteiger partial charge in [-0.05, 0) is 18.1 Å². The maximum Gasteiger partial charge on any atom is 0.192 e. The zero-order chi connectivity index (χ0) is 12.4. The van der Waals surface area contributed by atoms with E-state index in [-0.39, 0.29) is 5.04 Å². The Hall–Kier alpha value is 0.287. The molecular weight excluding hydrogens is 302 g/mol. The fraction of sp³-hybridized carbons (Fsp3) is 0.727. The van der Waals surface area contributed by atoms with Crippen molar-refractivity contribution in [2.45, 2.75) is 50.8 Å². The molecule has 0 amide bonds. The molecule has 0 aromatic carbocycles. The number of rotatable bonds is 4. The SMILES string of the molecule is CC(C)(C)[Si](C)(C)OCc1nc(CBr)cs1. The summed E-state index contributed by atoms with van der Waals surface area (Å²) in [7, 11) is -1.63. The van der Waals surface area contributed by atoms with Crippen molar-refractivity contribution in [1.29, 1.82) is 0 Å². The summed E-state index contributed by atoms with van der Waals surface area (Å²) >= 11 is 5.09. The summed E-state index contributed by atoms with van der Waals surface area (Å²) in [6, 6.07) is 0. The van der Waals surface area contributed by atoms with Gasteiger partial charge in [-0.2, -0.15) is 0 Å². The lowest BCUT2D eigenvalue weighted by Gasteiger charge is -2.35. The van der Waals surface area contributed by atoms with Gasteiger partial charge in [0.25, 0.3) is 0 Å². The van der Waals surface area contributed by atoms with Crippen LogP contribution in [0.4, 0.5) is 0 Å². The Labute approximate surface area is 112 Å². The van der Waals surface area contributed by atoms with Crippen molar-refractivity contribution in [2.24, 2.45) is 0 Å². The number of hydrogen-bond donors (Lipinski definition) is 0. The van der Waals surface area contributed by atoms with Crippen molar-refractivity contribution in [3.8, 4) is 0 Å². The number of aromatic nitrogens is 1. The number of hydrogen-bond acceptors (Lipinski definition) is 3. The maximum absolute atomic E-state index is 6.11.